The summed E-state index contributed by atoms with van der Waals surface area (Å²) in [4.78, 5) is 11.8. The molecule has 1 atom stereocenters. The van der Waals surface area contributed by atoms with Crippen molar-refractivity contribution in [2.45, 2.75) is 40.0 Å². The van der Waals surface area contributed by atoms with Gasteiger partial charge in [-0.1, -0.05) is 51.5 Å². The Labute approximate surface area is 92.5 Å². The molecule has 1 rings (SSSR count). The molecule has 0 radical (unpaired) electrons. The van der Waals surface area contributed by atoms with Crippen molar-refractivity contribution in [1.29, 1.82) is 0 Å². The van der Waals surface area contributed by atoms with E-state index < -0.39 is 0 Å². The highest BCUT2D eigenvalue weighted by Gasteiger charge is 2.09. The highest BCUT2D eigenvalue weighted by atomic mass is 16.1. The standard InChI is InChI=1S/C14H20O/c1-4-11(3)10-14(15)13-8-6-12(5-2)7-9-13/h6-9,11H,4-5,10H2,1-3H3/t11-/m1/s1. The average Bonchev–Trinajstić information content (AvgIpc) is 2.29. The maximum Gasteiger partial charge on any atom is 0.163 e. The summed E-state index contributed by atoms with van der Waals surface area (Å²) in [7, 11) is 0. The Hall–Kier alpha value is -1.11. The number of rotatable bonds is 5. The summed E-state index contributed by atoms with van der Waals surface area (Å²) < 4.78 is 0. The van der Waals surface area contributed by atoms with Gasteiger partial charge in [0.1, 0.15) is 0 Å². The molecule has 1 nitrogen and oxygen atoms in total. The molecule has 0 heterocycles. The van der Waals surface area contributed by atoms with Crippen molar-refractivity contribution in [3.63, 3.8) is 0 Å². The summed E-state index contributed by atoms with van der Waals surface area (Å²) in [5.74, 6) is 0.760. The maximum atomic E-state index is 11.8. The van der Waals surface area contributed by atoms with E-state index >= 15 is 0 Å². The summed E-state index contributed by atoms with van der Waals surface area (Å²) in [6.07, 6.45) is 2.76. The van der Waals surface area contributed by atoms with Crippen LogP contribution in [0.4, 0.5) is 0 Å². The molecular formula is C14H20O. The van der Waals surface area contributed by atoms with E-state index in [1.165, 1.54) is 5.56 Å². The lowest BCUT2D eigenvalue weighted by atomic mass is 9.97. The Morgan fingerprint density at radius 2 is 1.80 bits per heavy atom. The lowest BCUT2D eigenvalue weighted by Crippen LogP contribution is -2.05. The first-order chi connectivity index (χ1) is 7.17. The second-order valence-corrected chi connectivity index (χ2v) is 4.19. The normalized spacial score (nSPS) is 12.5. The topological polar surface area (TPSA) is 17.1 Å². The van der Waals surface area contributed by atoms with Crippen LogP contribution < -0.4 is 0 Å². The molecule has 0 amide bonds. The van der Waals surface area contributed by atoms with Gasteiger partial charge in [-0.25, -0.2) is 0 Å². The van der Waals surface area contributed by atoms with Gasteiger partial charge in [-0.2, -0.15) is 0 Å². The van der Waals surface area contributed by atoms with Crippen LogP contribution in [0.5, 0.6) is 0 Å². The molecular weight excluding hydrogens is 184 g/mol. The first-order valence-electron chi connectivity index (χ1n) is 5.79. The maximum absolute atomic E-state index is 11.8. The van der Waals surface area contributed by atoms with Crippen LogP contribution in [-0.4, -0.2) is 5.78 Å². The molecule has 1 aromatic rings. The average molecular weight is 204 g/mol. The van der Waals surface area contributed by atoms with Crippen LogP contribution in [0.1, 0.15) is 49.5 Å². The fraction of sp³-hybridized carbons (Fsp3) is 0.500. The van der Waals surface area contributed by atoms with Crippen LogP contribution in [0.25, 0.3) is 0 Å². The van der Waals surface area contributed by atoms with Gasteiger partial charge in [0.05, 0.1) is 0 Å². The third-order valence-corrected chi connectivity index (χ3v) is 2.91. The van der Waals surface area contributed by atoms with Crippen molar-refractivity contribution in [1.82, 2.24) is 0 Å². The lowest BCUT2D eigenvalue weighted by molar-refractivity contribution is 0.0963. The molecule has 0 saturated carbocycles. The van der Waals surface area contributed by atoms with Crippen molar-refractivity contribution in [2.75, 3.05) is 0 Å². The van der Waals surface area contributed by atoms with Gasteiger partial charge < -0.3 is 0 Å². The molecule has 15 heavy (non-hydrogen) atoms. The van der Waals surface area contributed by atoms with E-state index in [4.69, 9.17) is 0 Å². The lowest BCUT2D eigenvalue weighted by Gasteiger charge is -2.07. The zero-order valence-electron chi connectivity index (χ0n) is 9.92. The molecule has 0 aromatic heterocycles. The predicted molar refractivity (Wildman–Crippen MR) is 64.2 cm³/mol. The van der Waals surface area contributed by atoms with Crippen molar-refractivity contribution in [3.8, 4) is 0 Å². The number of carbonyl (C=O) groups is 1. The summed E-state index contributed by atoms with van der Waals surface area (Å²) >= 11 is 0. The van der Waals surface area contributed by atoms with Crippen LogP contribution in [0.3, 0.4) is 0 Å². The minimum absolute atomic E-state index is 0.270. The van der Waals surface area contributed by atoms with Gasteiger partial charge in [0.15, 0.2) is 5.78 Å². The zero-order chi connectivity index (χ0) is 11.3. The van der Waals surface area contributed by atoms with Gasteiger partial charge in [-0.05, 0) is 17.9 Å². The van der Waals surface area contributed by atoms with Gasteiger partial charge in [0.2, 0.25) is 0 Å². The first-order valence-corrected chi connectivity index (χ1v) is 5.79. The largest absolute Gasteiger partial charge is 0.294 e. The number of carbonyl (C=O) groups excluding carboxylic acids is 1. The molecule has 0 aliphatic heterocycles. The van der Waals surface area contributed by atoms with Crippen molar-refractivity contribution < 1.29 is 4.79 Å². The SMILES string of the molecule is CCc1ccc(C(=O)C[C@H](C)CC)cc1. The number of benzene rings is 1. The third-order valence-electron chi connectivity index (χ3n) is 2.91. The smallest absolute Gasteiger partial charge is 0.163 e. The molecule has 0 bridgehead atoms. The van der Waals surface area contributed by atoms with Gasteiger partial charge in [0, 0.05) is 12.0 Å². The zero-order valence-corrected chi connectivity index (χ0v) is 9.92. The van der Waals surface area contributed by atoms with E-state index in [2.05, 4.69) is 20.8 Å². The first kappa shape index (κ1) is 12.0. The van der Waals surface area contributed by atoms with Gasteiger partial charge in [-0.15, -0.1) is 0 Å². The summed E-state index contributed by atoms with van der Waals surface area (Å²) in [6.45, 7) is 6.37. The van der Waals surface area contributed by atoms with E-state index in [-0.39, 0.29) is 5.78 Å². The van der Waals surface area contributed by atoms with Crippen LogP contribution in [-0.2, 0) is 6.42 Å². The highest BCUT2D eigenvalue weighted by Crippen LogP contribution is 2.13. The molecule has 0 fully saturated rings. The van der Waals surface area contributed by atoms with Gasteiger partial charge in [0.25, 0.3) is 0 Å². The summed E-state index contributed by atoms with van der Waals surface area (Å²) in [6, 6.07) is 7.99. The number of ketones is 1. The number of hydrogen-bond acceptors (Lipinski definition) is 1. The monoisotopic (exact) mass is 204 g/mol. The Kier molecular flexibility index (Phi) is 4.54. The van der Waals surface area contributed by atoms with Crippen molar-refractivity contribution in [2.24, 2.45) is 5.92 Å². The molecule has 0 N–H and O–H groups in total. The highest BCUT2D eigenvalue weighted by molar-refractivity contribution is 5.96. The van der Waals surface area contributed by atoms with Crippen LogP contribution >= 0.6 is 0 Å². The third kappa shape index (κ3) is 3.50. The van der Waals surface area contributed by atoms with Crippen LogP contribution in [0, 0.1) is 5.92 Å². The van der Waals surface area contributed by atoms with Crippen molar-refractivity contribution >= 4 is 5.78 Å². The Morgan fingerprint density at radius 3 is 2.27 bits per heavy atom. The number of Topliss-reactive ketones (excluding diaryl/α,β-unsaturated/α-hetero) is 1. The fourth-order valence-corrected chi connectivity index (χ4v) is 1.51. The van der Waals surface area contributed by atoms with E-state index in [9.17, 15) is 4.79 Å². The van der Waals surface area contributed by atoms with Crippen molar-refractivity contribution in [3.05, 3.63) is 35.4 Å². The molecule has 1 heteroatoms. The van der Waals surface area contributed by atoms with Gasteiger partial charge >= 0.3 is 0 Å². The molecule has 1 aromatic carbocycles. The van der Waals surface area contributed by atoms with Crippen LogP contribution in [0.15, 0.2) is 24.3 Å². The molecule has 0 saturated heterocycles. The minimum Gasteiger partial charge on any atom is -0.294 e. The van der Waals surface area contributed by atoms with E-state index in [1.807, 2.05) is 24.3 Å². The quantitative estimate of drug-likeness (QED) is 0.665. The van der Waals surface area contributed by atoms with E-state index in [0.717, 1.165) is 18.4 Å². The second-order valence-electron chi connectivity index (χ2n) is 4.19. The minimum atomic E-state index is 0.270. The van der Waals surface area contributed by atoms with Gasteiger partial charge in [-0.3, -0.25) is 4.79 Å². The summed E-state index contributed by atoms with van der Waals surface area (Å²) in [5.41, 5.74) is 2.14. The molecule has 0 aliphatic carbocycles. The molecule has 0 spiro atoms. The predicted octanol–water partition coefficient (Wildman–Crippen LogP) is 3.87. The number of aryl methyl sites for hydroxylation is 1. The molecule has 0 aliphatic rings. The molecule has 82 valence electrons. The van der Waals surface area contributed by atoms with Crippen LogP contribution in [0.2, 0.25) is 0 Å². The fourth-order valence-electron chi connectivity index (χ4n) is 1.51. The Bertz CT molecular complexity index is 311. The second kappa shape index (κ2) is 5.69. The Balaban J connectivity index is 2.66. The van der Waals surface area contributed by atoms with E-state index in [1.54, 1.807) is 0 Å². The number of hydrogen-bond donors (Lipinski definition) is 0. The molecule has 0 unspecified atom stereocenters. The Morgan fingerprint density at radius 1 is 1.20 bits per heavy atom. The summed E-state index contributed by atoms with van der Waals surface area (Å²) in [5, 5.41) is 0. The van der Waals surface area contributed by atoms with E-state index in [0.29, 0.717) is 12.3 Å².